The van der Waals surface area contributed by atoms with Gasteiger partial charge in [-0.2, -0.15) is 0 Å². The number of halogens is 5. The molecule has 2 unspecified atom stereocenters. The van der Waals surface area contributed by atoms with Crippen molar-refractivity contribution in [2.24, 2.45) is 11.3 Å². The van der Waals surface area contributed by atoms with E-state index < -0.39 is 11.6 Å². The van der Waals surface area contributed by atoms with Gasteiger partial charge in [0.25, 0.3) is 0 Å². The van der Waals surface area contributed by atoms with E-state index in [0.717, 1.165) is 5.56 Å². The summed E-state index contributed by atoms with van der Waals surface area (Å²) < 4.78 is 40.6. The Labute approximate surface area is 127 Å². The fourth-order valence-electron chi connectivity index (χ4n) is 2.60. The van der Waals surface area contributed by atoms with Crippen LogP contribution in [-0.4, -0.2) is 11.6 Å². The van der Waals surface area contributed by atoms with Gasteiger partial charge < -0.3 is 4.74 Å². The van der Waals surface area contributed by atoms with Crippen LogP contribution < -0.4 is 4.74 Å². The first kappa shape index (κ1) is 15.6. The molecule has 20 heavy (non-hydrogen) atoms. The summed E-state index contributed by atoms with van der Waals surface area (Å²) in [5, 5.41) is -0.424. The predicted molar refractivity (Wildman–Crippen MR) is 71.7 cm³/mol. The SMILES string of the molecule is CC1(C)C(C(=O)Cl)C1c1ccc(OC(F)(F)F)c(Br)c1. The molecule has 0 aromatic heterocycles. The van der Waals surface area contributed by atoms with E-state index >= 15 is 0 Å². The third kappa shape index (κ3) is 2.96. The maximum atomic E-state index is 12.2. The summed E-state index contributed by atoms with van der Waals surface area (Å²) in [6, 6.07) is 4.29. The number of alkyl halides is 3. The van der Waals surface area contributed by atoms with Crippen molar-refractivity contribution < 1.29 is 22.7 Å². The van der Waals surface area contributed by atoms with Crippen LogP contribution in [0.2, 0.25) is 0 Å². The first-order chi connectivity index (χ1) is 9.04. The molecule has 7 heteroatoms. The molecule has 0 saturated heterocycles. The van der Waals surface area contributed by atoms with Gasteiger partial charge in [-0.05, 0) is 50.6 Å². The summed E-state index contributed by atoms with van der Waals surface area (Å²) in [6.45, 7) is 3.80. The highest BCUT2D eigenvalue weighted by Crippen LogP contribution is 2.65. The van der Waals surface area contributed by atoms with E-state index in [9.17, 15) is 18.0 Å². The molecule has 2 atom stereocenters. The Morgan fingerprint density at radius 2 is 2.00 bits per heavy atom. The van der Waals surface area contributed by atoms with Crippen molar-refractivity contribution in [2.45, 2.75) is 26.1 Å². The van der Waals surface area contributed by atoms with Gasteiger partial charge in [0.2, 0.25) is 5.24 Å². The second-order valence-corrected chi connectivity index (χ2v) is 6.55. The van der Waals surface area contributed by atoms with Crippen LogP contribution in [-0.2, 0) is 4.79 Å². The monoisotopic (exact) mass is 370 g/mol. The molecule has 1 saturated carbocycles. The van der Waals surface area contributed by atoms with Crippen LogP contribution >= 0.6 is 27.5 Å². The number of ether oxygens (including phenoxy) is 1. The van der Waals surface area contributed by atoms with Gasteiger partial charge >= 0.3 is 6.36 Å². The van der Waals surface area contributed by atoms with Gasteiger partial charge in [0.05, 0.1) is 4.47 Å². The minimum absolute atomic E-state index is 0.0938. The van der Waals surface area contributed by atoms with Crippen molar-refractivity contribution >= 4 is 32.8 Å². The molecule has 110 valence electrons. The number of rotatable bonds is 3. The Morgan fingerprint density at radius 1 is 1.40 bits per heavy atom. The molecule has 1 aromatic carbocycles. The van der Waals surface area contributed by atoms with Crippen LogP contribution in [0.5, 0.6) is 5.75 Å². The van der Waals surface area contributed by atoms with Crippen molar-refractivity contribution in [1.82, 2.24) is 0 Å². The summed E-state index contributed by atoms with van der Waals surface area (Å²) in [5.74, 6) is -0.720. The zero-order chi connectivity index (χ0) is 15.3. The van der Waals surface area contributed by atoms with Crippen LogP contribution in [0.4, 0.5) is 13.2 Å². The largest absolute Gasteiger partial charge is 0.573 e. The molecule has 1 aliphatic carbocycles. The summed E-state index contributed by atoms with van der Waals surface area (Å²) in [4.78, 5) is 11.3. The smallest absolute Gasteiger partial charge is 0.405 e. The Kier molecular flexibility index (Phi) is 3.84. The van der Waals surface area contributed by atoms with Crippen molar-refractivity contribution in [2.75, 3.05) is 0 Å². The lowest BCUT2D eigenvalue weighted by atomic mass is 10.0. The molecular formula is C13H11BrClF3O2. The molecule has 2 rings (SSSR count). The minimum atomic E-state index is -4.74. The van der Waals surface area contributed by atoms with E-state index in [1.54, 1.807) is 0 Å². The standard InChI is InChI=1S/C13H11BrClF3O2/c1-12(2)9(10(12)11(15)19)6-3-4-8(7(14)5-6)20-13(16,17)18/h3-5,9-10H,1-2H3. The lowest BCUT2D eigenvalue weighted by Crippen LogP contribution is -2.17. The van der Waals surface area contributed by atoms with Gasteiger partial charge in [-0.3, -0.25) is 4.79 Å². The molecule has 2 nitrogen and oxygen atoms in total. The van der Waals surface area contributed by atoms with Crippen LogP contribution in [0.15, 0.2) is 22.7 Å². The van der Waals surface area contributed by atoms with Crippen LogP contribution in [0, 0.1) is 11.3 Å². The van der Waals surface area contributed by atoms with E-state index in [0.29, 0.717) is 0 Å². The molecule has 1 fully saturated rings. The van der Waals surface area contributed by atoms with E-state index in [4.69, 9.17) is 11.6 Å². The highest BCUT2D eigenvalue weighted by Gasteiger charge is 2.61. The van der Waals surface area contributed by atoms with Crippen molar-refractivity contribution in [3.05, 3.63) is 28.2 Å². The average molecular weight is 372 g/mol. The highest BCUT2D eigenvalue weighted by atomic mass is 79.9. The third-order valence-electron chi connectivity index (χ3n) is 3.61. The van der Waals surface area contributed by atoms with Crippen LogP contribution in [0.3, 0.4) is 0 Å². The van der Waals surface area contributed by atoms with E-state index in [1.165, 1.54) is 18.2 Å². The molecule has 0 amide bonds. The topological polar surface area (TPSA) is 26.3 Å². The predicted octanol–water partition coefficient (Wildman–Crippen LogP) is 4.85. The fraction of sp³-hybridized carbons (Fsp3) is 0.462. The zero-order valence-corrected chi connectivity index (χ0v) is 12.9. The summed E-state index contributed by atoms with van der Waals surface area (Å²) in [5.41, 5.74) is 0.473. The molecule has 0 N–H and O–H groups in total. The molecule has 0 aliphatic heterocycles. The van der Waals surface area contributed by atoms with Gasteiger partial charge in [-0.25, -0.2) is 0 Å². The van der Waals surface area contributed by atoms with Crippen molar-refractivity contribution in [3.63, 3.8) is 0 Å². The highest BCUT2D eigenvalue weighted by molar-refractivity contribution is 9.10. The lowest BCUT2D eigenvalue weighted by molar-refractivity contribution is -0.274. The number of hydrogen-bond donors (Lipinski definition) is 0. The van der Waals surface area contributed by atoms with E-state index in [-0.39, 0.29) is 27.5 Å². The van der Waals surface area contributed by atoms with Gasteiger partial charge in [0.15, 0.2) is 0 Å². The fourth-order valence-corrected chi connectivity index (χ4v) is 3.49. The Morgan fingerprint density at radius 3 is 2.40 bits per heavy atom. The number of carbonyl (C=O) groups excluding carboxylic acids is 1. The second kappa shape index (κ2) is 4.91. The molecule has 1 aliphatic rings. The average Bonchev–Trinajstić information content (AvgIpc) is 2.83. The first-order valence-electron chi connectivity index (χ1n) is 5.78. The lowest BCUT2D eigenvalue weighted by Gasteiger charge is -2.12. The second-order valence-electron chi connectivity index (χ2n) is 5.32. The van der Waals surface area contributed by atoms with E-state index in [2.05, 4.69) is 20.7 Å². The van der Waals surface area contributed by atoms with Gasteiger partial charge in [-0.15, -0.1) is 13.2 Å². The number of carbonyl (C=O) groups is 1. The van der Waals surface area contributed by atoms with Gasteiger partial charge in [-0.1, -0.05) is 19.9 Å². The number of hydrogen-bond acceptors (Lipinski definition) is 2. The zero-order valence-electron chi connectivity index (χ0n) is 10.6. The molecular weight excluding hydrogens is 360 g/mol. The summed E-state index contributed by atoms with van der Waals surface area (Å²) in [7, 11) is 0. The molecule has 0 bridgehead atoms. The Balaban J connectivity index is 2.25. The minimum Gasteiger partial charge on any atom is -0.405 e. The van der Waals surface area contributed by atoms with Crippen LogP contribution in [0.1, 0.15) is 25.3 Å². The molecule has 0 heterocycles. The first-order valence-corrected chi connectivity index (χ1v) is 6.95. The van der Waals surface area contributed by atoms with Crippen molar-refractivity contribution in [3.8, 4) is 5.75 Å². The van der Waals surface area contributed by atoms with Gasteiger partial charge in [0.1, 0.15) is 5.75 Å². The Bertz CT molecular complexity index is 557. The van der Waals surface area contributed by atoms with Crippen molar-refractivity contribution in [1.29, 1.82) is 0 Å². The summed E-state index contributed by atoms with van der Waals surface area (Å²) in [6.07, 6.45) is -4.74. The molecule has 1 aromatic rings. The quantitative estimate of drug-likeness (QED) is 0.710. The normalized spacial score (nSPS) is 24.4. The maximum absolute atomic E-state index is 12.2. The number of benzene rings is 1. The maximum Gasteiger partial charge on any atom is 0.573 e. The summed E-state index contributed by atoms with van der Waals surface area (Å²) >= 11 is 8.59. The molecule has 0 spiro atoms. The van der Waals surface area contributed by atoms with Crippen LogP contribution in [0.25, 0.3) is 0 Å². The molecule has 0 radical (unpaired) electrons. The van der Waals surface area contributed by atoms with E-state index in [1.807, 2.05) is 13.8 Å². The van der Waals surface area contributed by atoms with Gasteiger partial charge in [0, 0.05) is 11.8 Å². The Hall–Kier alpha value is -0.750. The third-order valence-corrected chi connectivity index (χ3v) is 4.47.